The van der Waals surface area contributed by atoms with Crippen LogP contribution >= 0.6 is 24.0 Å². The zero-order valence-corrected chi connectivity index (χ0v) is 22.8. The number of nitrogens with one attached hydrogen (secondary N) is 2. The molecule has 3 rings (SSSR count). The fourth-order valence-electron chi connectivity index (χ4n) is 4.07. The summed E-state index contributed by atoms with van der Waals surface area (Å²) in [6, 6.07) is 19.1. The molecule has 1 amide bonds. The third kappa shape index (κ3) is 8.32. The minimum atomic E-state index is -0.0480. The number of carbonyl (C=O) groups is 1. The summed E-state index contributed by atoms with van der Waals surface area (Å²) in [5.74, 6) is 1.39. The number of hydrogen-bond donors (Lipinski definition) is 2. The summed E-state index contributed by atoms with van der Waals surface area (Å²) >= 11 is 0. The van der Waals surface area contributed by atoms with E-state index in [0.29, 0.717) is 18.9 Å². The zero-order valence-electron chi connectivity index (χ0n) is 20.4. The molecular weight excluding hydrogens is 523 g/mol. The molecule has 0 radical (unpaired) electrons. The van der Waals surface area contributed by atoms with Crippen LogP contribution in [0, 0.1) is 12.8 Å². The molecule has 2 aromatic rings. The first-order valence-electron chi connectivity index (χ1n) is 11.8. The van der Waals surface area contributed by atoms with Crippen LogP contribution < -0.4 is 10.6 Å². The van der Waals surface area contributed by atoms with Gasteiger partial charge in [0.1, 0.15) is 0 Å². The topological polar surface area (TPSA) is 56.7 Å². The number of benzene rings is 2. The third-order valence-electron chi connectivity index (χ3n) is 6.18. The molecule has 6 heteroatoms. The molecule has 0 aromatic heterocycles. The Morgan fingerprint density at radius 1 is 1.09 bits per heavy atom. The summed E-state index contributed by atoms with van der Waals surface area (Å²) in [6.45, 7) is 12.5. The van der Waals surface area contributed by atoms with Gasteiger partial charge in [-0.25, -0.2) is 0 Å². The molecule has 33 heavy (non-hydrogen) atoms. The van der Waals surface area contributed by atoms with Gasteiger partial charge in [-0.3, -0.25) is 9.79 Å². The van der Waals surface area contributed by atoms with Crippen LogP contribution in [0.4, 0.5) is 0 Å². The first-order valence-corrected chi connectivity index (χ1v) is 11.8. The van der Waals surface area contributed by atoms with Crippen LogP contribution in [0.3, 0.4) is 0 Å². The van der Waals surface area contributed by atoms with Crippen molar-refractivity contribution in [1.29, 1.82) is 0 Å². The number of carbonyl (C=O) groups excluding carboxylic acids is 1. The standard InChI is InChI=1S/C27H38N4O.HI/c1-5-28-26(30-20-27(3,4)24-13-11-21(2)12-14-24)29-18-23-17-25(32)31(19-23)16-15-22-9-7-6-8-10-22;/h6-14,23H,5,15-20H2,1-4H3,(H2,28,29,30);1H. The van der Waals surface area contributed by atoms with E-state index >= 15 is 0 Å². The number of amides is 1. The largest absolute Gasteiger partial charge is 0.357 e. The molecule has 0 aliphatic carbocycles. The fraction of sp³-hybridized carbons (Fsp3) is 0.481. The van der Waals surface area contributed by atoms with Crippen molar-refractivity contribution >= 4 is 35.8 Å². The molecule has 1 atom stereocenters. The lowest BCUT2D eigenvalue weighted by Gasteiger charge is -2.24. The summed E-state index contributed by atoms with van der Waals surface area (Å²) in [5.41, 5.74) is 3.79. The lowest BCUT2D eigenvalue weighted by molar-refractivity contribution is -0.127. The Morgan fingerprint density at radius 3 is 2.45 bits per heavy atom. The number of halogens is 1. The number of aryl methyl sites for hydroxylation is 1. The second-order valence-electron chi connectivity index (χ2n) is 9.47. The molecule has 0 spiro atoms. The van der Waals surface area contributed by atoms with E-state index in [2.05, 4.69) is 86.9 Å². The quantitative estimate of drug-likeness (QED) is 0.268. The second-order valence-corrected chi connectivity index (χ2v) is 9.47. The Balaban J connectivity index is 0.00000385. The minimum Gasteiger partial charge on any atom is -0.357 e. The first-order chi connectivity index (χ1) is 15.4. The molecule has 2 aromatic carbocycles. The van der Waals surface area contributed by atoms with E-state index in [-0.39, 0.29) is 35.3 Å². The van der Waals surface area contributed by atoms with Gasteiger partial charge in [-0.15, -0.1) is 24.0 Å². The molecule has 1 fully saturated rings. The maximum absolute atomic E-state index is 12.5. The van der Waals surface area contributed by atoms with Crippen LogP contribution in [0.1, 0.15) is 43.9 Å². The van der Waals surface area contributed by atoms with E-state index < -0.39 is 0 Å². The molecule has 1 aliphatic rings. The van der Waals surface area contributed by atoms with E-state index in [9.17, 15) is 4.79 Å². The molecule has 1 unspecified atom stereocenters. The number of guanidine groups is 1. The lowest BCUT2D eigenvalue weighted by atomic mass is 9.84. The predicted octanol–water partition coefficient (Wildman–Crippen LogP) is 4.54. The maximum atomic E-state index is 12.5. The zero-order chi connectivity index (χ0) is 23.0. The summed E-state index contributed by atoms with van der Waals surface area (Å²) in [6.07, 6.45) is 1.51. The maximum Gasteiger partial charge on any atom is 0.223 e. The molecule has 180 valence electrons. The highest BCUT2D eigenvalue weighted by atomic mass is 127. The molecule has 0 bridgehead atoms. The molecule has 1 saturated heterocycles. The van der Waals surface area contributed by atoms with Gasteiger partial charge in [-0.1, -0.05) is 74.0 Å². The van der Waals surface area contributed by atoms with E-state index in [1.54, 1.807) is 0 Å². The van der Waals surface area contributed by atoms with Crippen molar-refractivity contribution in [3.8, 4) is 0 Å². The van der Waals surface area contributed by atoms with Gasteiger partial charge < -0.3 is 15.5 Å². The van der Waals surface area contributed by atoms with E-state index in [1.165, 1.54) is 16.7 Å². The van der Waals surface area contributed by atoms with E-state index in [4.69, 9.17) is 4.99 Å². The van der Waals surface area contributed by atoms with Gasteiger partial charge in [0.2, 0.25) is 5.91 Å². The highest BCUT2D eigenvalue weighted by Crippen LogP contribution is 2.24. The van der Waals surface area contributed by atoms with Crippen LogP contribution in [0.2, 0.25) is 0 Å². The van der Waals surface area contributed by atoms with Crippen molar-refractivity contribution in [3.63, 3.8) is 0 Å². The van der Waals surface area contributed by atoms with Crippen LogP contribution in [0.5, 0.6) is 0 Å². The van der Waals surface area contributed by atoms with Crippen LogP contribution in [0.15, 0.2) is 59.6 Å². The smallest absolute Gasteiger partial charge is 0.223 e. The highest BCUT2D eigenvalue weighted by molar-refractivity contribution is 14.0. The molecule has 2 N–H and O–H groups in total. The first kappa shape index (κ1) is 27.2. The molecule has 1 aliphatic heterocycles. The van der Waals surface area contributed by atoms with Gasteiger partial charge in [-0.2, -0.15) is 0 Å². The van der Waals surface area contributed by atoms with E-state index in [1.807, 2.05) is 11.0 Å². The fourth-order valence-corrected chi connectivity index (χ4v) is 4.07. The van der Waals surface area contributed by atoms with Crippen LogP contribution in [-0.4, -0.2) is 49.5 Å². The SMILES string of the molecule is CCNC(=NCC(C)(C)c1ccc(C)cc1)NCC1CC(=O)N(CCc2ccccc2)C1.I. The number of aliphatic imine (C=N–C) groups is 1. The minimum absolute atomic E-state index is 0. The Bertz CT molecular complexity index is 896. The van der Waals surface area contributed by atoms with E-state index in [0.717, 1.165) is 38.6 Å². The normalized spacial score (nSPS) is 16.5. The van der Waals surface area contributed by atoms with Crippen molar-refractivity contribution in [1.82, 2.24) is 15.5 Å². The third-order valence-corrected chi connectivity index (χ3v) is 6.18. The average Bonchev–Trinajstić information content (AvgIpc) is 3.14. The predicted molar refractivity (Wildman–Crippen MR) is 148 cm³/mol. The van der Waals surface area contributed by atoms with Crippen molar-refractivity contribution in [2.24, 2.45) is 10.9 Å². The van der Waals surface area contributed by atoms with Gasteiger partial charge in [-0.05, 0) is 31.4 Å². The Hall–Kier alpha value is -2.09. The molecular formula is C27H39IN4O. The van der Waals surface area contributed by atoms with Crippen molar-refractivity contribution in [3.05, 3.63) is 71.3 Å². The average molecular weight is 563 g/mol. The van der Waals surface area contributed by atoms with Gasteiger partial charge in [0, 0.05) is 43.9 Å². The Morgan fingerprint density at radius 2 is 1.79 bits per heavy atom. The van der Waals surface area contributed by atoms with Gasteiger partial charge >= 0.3 is 0 Å². The highest BCUT2D eigenvalue weighted by Gasteiger charge is 2.29. The van der Waals surface area contributed by atoms with Gasteiger partial charge in [0.05, 0.1) is 6.54 Å². The van der Waals surface area contributed by atoms with Gasteiger partial charge in [0.15, 0.2) is 5.96 Å². The number of hydrogen-bond acceptors (Lipinski definition) is 2. The van der Waals surface area contributed by atoms with Crippen molar-refractivity contribution in [2.45, 2.75) is 46.0 Å². The second kappa shape index (κ2) is 13.0. The summed E-state index contributed by atoms with van der Waals surface area (Å²) in [7, 11) is 0. The van der Waals surface area contributed by atoms with Crippen molar-refractivity contribution in [2.75, 3.05) is 32.7 Å². The van der Waals surface area contributed by atoms with Crippen LogP contribution in [0.25, 0.3) is 0 Å². The lowest BCUT2D eigenvalue weighted by Crippen LogP contribution is -2.41. The number of likely N-dealkylation sites (tertiary alicyclic amines) is 1. The molecule has 1 heterocycles. The molecule has 0 saturated carbocycles. The summed E-state index contributed by atoms with van der Waals surface area (Å²) in [4.78, 5) is 19.3. The summed E-state index contributed by atoms with van der Waals surface area (Å²) < 4.78 is 0. The number of nitrogens with zero attached hydrogens (tertiary/aromatic N) is 2. The van der Waals surface area contributed by atoms with Crippen molar-refractivity contribution < 1.29 is 4.79 Å². The Labute approximate surface area is 216 Å². The van der Waals surface area contributed by atoms with Crippen LogP contribution in [-0.2, 0) is 16.6 Å². The molecule has 5 nitrogen and oxygen atoms in total. The monoisotopic (exact) mass is 562 g/mol. The van der Waals surface area contributed by atoms with Gasteiger partial charge in [0.25, 0.3) is 0 Å². The number of rotatable bonds is 9. The Kier molecular flexibility index (Phi) is 10.7. The summed E-state index contributed by atoms with van der Waals surface area (Å²) in [5, 5.41) is 6.82.